The van der Waals surface area contributed by atoms with Crippen LogP contribution in [-0.4, -0.2) is 39.0 Å². The first-order valence-corrected chi connectivity index (χ1v) is 6.65. The summed E-state index contributed by atoms with van der Waals surface area (Å²) in [7, 11) is 3.07. The van der Waals surface area contributed by atoms with Gasteiger partial charge in [0.1, 0.15) is 0 Å². The summed E-state index contributed by atoms with van der Waals surface area (Å²) in [6.07, 6.45) is 5.37. The van der Waals surface area contributed by atoms with E-state index in [0.29, 0.717) is 11.6 Å². The number of hydrogen-bond donors (Lipinski definition) is 0. The van der Waals surface area contributed by atoms with Gasteiger partial charge in [-0.3, -0.25) is 4.98 Å². The lowest BCUT2D eigenvalue weighted by Crippen LogP contribution is -1.97. The summed E-state index contributed by atoms with van der Waals surface area (Å²) in [5.41, 5.74) is 3.29. The molecule has 0 N–H and O–H groups in total. The van der Waals surface area contributed by atoms with Gasteiger partial charge >= 0.3 is 6.01 Å². The predicted molar refractivity (Wildman–Crippen MR) is 80.2 cm³/mol. The Morgan fingerprint density at radius 1 is 1.14 bits per heavy atom. The van der Waals surface area contributed by atoms with E-state index < -0.39 is 0 Å². The molecule has 3 aromatic heterocycles. The maximum Gasteiger partial charge on any atom is 0.320 e. The Labute approximate surface area is 127 Å². The minimum Gasteiger partial charge on any atom is -0.481 e. The molecule has 22 heavy (non-hydrogen) atoms. The molecule has 0 amide bonds. The van der Waals surface area contributed by atoms with Gasteiger partial charge in [-0.2, -0.15) is 15.1 Å². The molecule has 3 aromatic rings. The van der Waals surface area contributed by atoms with Crippen LogP contribution < -0.4 is 9.47 Å². The summed E-state index contributed by atoms with van der Waals surface area (Å²) in [6, 6.07) is 5.80. The molecule has 112 valence electrons. The smallest absolute Gasteiger partial charge is 0.320 e. The SMILES string of the molecule is COc1cc(-c2cn(-c3cccnc3)nc2C)nc(OC)n1. The first-order valence-electron chi connectivity index (χ1n) is 6.65. The molecule has 0 aliphatic carbocycles. The minimum absolute atomic E-state index is 0.253. The zero-order valence-corrected chi connectivity index (χ0v) is 12.5. The number of ether oxygens (including phenoxy) is 2. The topological polar surface area (TPSA) is 75.0 Å². The molecular formula is C15H15N5O2. The van der Waals surface area contributed by atoms with Crippen molar-refractivity contribution in [3.63, 3.8) is 0 Å². The molecular weight excluding hydrogens is 282 g/mol. The van der Waals surface area contributed by atoms with Gasteiger partial charge in [-0.1, -0.05) is 0 Å². The van der Waals surface area contributed by atoms with E-state index in [1.807, 2.05) is 25.3 Å². The number of nitrogens with zero attached hydrogens (tertiary/aromatic N) is 5. The van der Waals surface area contributed by atoms with Crippen LogP contribution in [0.1, 0.15) is 5.69 Å². The summed E-state index contributed by atoms with van der Waals surface area (Å²) >= 11 is 0. The van der Waals surface area contributed by atoms with Crippen molar-refractivity contribution >= 4 is 0 Å². The highest BCUT2D eigenvalue weighted by Gasteiger charge is 2.13. The van der Waals surface area contributed by atoms with E-state index in [-0.39, 0.29) is 6.01 Å². The van der Waals surface area contributed by atoms with E-state index in [4.69, 9.17) is 9.47 Å². The van der Waals surface area contributed by atoms with Crippen molar-refractivity contribution in [2.75, 3.05) is 14.2 Å². The first-order chi connectivity index (χ1) is 10.7. The van der Waals surface area contributed by atoms with Crippen molar-refractivity contribution < 1.29 is 9.47 Å². The fraction of sp³-hybridized carbons (Fsp3) is 0.200. The van der Waals surface area contributed by atoms with Crippen molar-refractivity contribution in [1.82, 2.24) is 24.7 Å². The van der Waals surface area contributed by atoms with Gasteiger partial charge in [0.05, 0.1) is 37.5 Å². The van der Waals surface area contributed by atoms with Crippen molar-refractivity contribution in [2.24, 2.45) is 0 Å². The van der Waals surface area contributed by atoms with E-state index >= 15 is 0 Å². The molecule has 0 saturated carbocycles. The van der Waals surface area contributed by atoms with Crippen molar-refractivity contribution in [3.8, 4) is 28.8 Å². The van der Waals surface area contributed by atoms with Crippen LogP contribution in [0.4, 0.5) is 0 Å². The van der Waals surface area contributed by atoms with Crippen LogP contribution in [0.2, 0.25) is 0 Å². The van der Waals surface area contributed by atoms with Gasteiger partial charge in [0.2, 0.25) is 5.88 Å². The fourth-order valence-electron chi connectivity index (χ4n) is 2.07. The molecule has 7 nitrogen and oxygen atoms in total. The van der Waals surface area contributed by atoms with Crippen molar-refractivity contribution in [2.45, 2.75) is 6.92 Å². The Kier molecular flexibility index (Phi) is 3.69. The monoisotopic (exact) mass is 297 g/mol. The Morgan fingerprint density at radius 2 is 2.00 bits per heavy atom. The Bertz CT molecular complexity index is 764. The zero-order valence-electron chi connectivity index (χ0n) is 12.5. The van der Waals surface area contributed by atoms with E-state index in [2.05, 4.69) is 20.1 Å². The van der Waals surface area contributed by atoms with Gasteiger partial charge in [0, 0.05) is 24.0 Å². The normalized spacial score (nSPS) is 10.5. The molecule has 0 saturated heterocycles. The van der Waals surface area contributed by atoms with E-state index in [9.17, 15) is 0 Å². The number of hydrogen-bond acceptors (Lipinski definition) is 6. The molecule has 0 aliphatic heterocycles. The van der Waals surface area contributed by atoms with Crippen LogP contribution in [0.25, 0.3) is 16.9 Å². The molecule has 3 rings (SSSR count). The van der Waals surface area contributed by atoms with Gasteiger partial charge < -0.3 is 9.47 Å². The fourth-order valence-corrected chi connectivity index (χ4v) is 2.07. The number of aromatic nitrogens is 5. The van der Waals surface area contributed by atoms with Gasteiger partial charge in [-0.25, -0.2) is 4.68 Å². The second kappa shape index (κ2) is 5.80. The summed E-state index contributed by atoms with van der Waals surface area (Å²) in [5.74, 6) is 0.440. The lowest BCUT2D eigenvalue weighted by Gasteiger charge is -2.05. The molecule has 0 spiro atoms. The third-order valence-corrected chi connectivity index (χ3v) is 3.16. The Morgan fingerprint density at radius 3 is 2.68 bits per heavy atom. The highest BCUT2D eigenvalue weighted by molar-refractivity contribution is 5.63. The molecule has 0 radical (unpaired) electrons. The molecule has 3 heterocycles. The van der Waals surface area contributed by atoms with Crippen LogP contribution in [0.15, 0.2) is 36.8 Å². The Hall–Kier alpha value is -2.96. The summed E-state index contributed by atoms with van der Waals surface area (Å²) in [5, 5.41) is 4.50. The van der Waals surface area contributed by atoms with Crippen molar-refractivity contribution in [1.29, 1.82) is 0 Å². The molecule has 0 atom stereocenters. The lowest BCUT2D eigenvalue weighted by molar-refractivity contribution is 0.353. The standard InChI is InChI=1S/C15H15N5O2/c1-10-12(9-20(19-10)11-5-4-6-16-8-11)13-7-14(21-2)18-15(17-13)22-3/h4-9H,1-3H3. The highest BCUT2D eigenvalue weighted by atomic mass is 16.5. The molecule has 0 aromatic carbocycles. The molecule has 0 aliphatic rings. The zero-order chi connectivity index (χ0) is 15.5. The molecule has 0 bridgehead atoms. The largest absolute Gasteiger partial charge is 0.481 e. The van der Waals surface area contributed by atoms with Gasteiger partial charge in [-0.05, 0) is 19.1 Å². The highest BCUT2D eigenvalue weighted by Crippen LogP contribution is 2.26. The maximum atomic E-state index is 5.18. The first kappa shape index (κ1) is 14.0. The van der Waals surface area contributed by atoms with Crippen LogP contribution in [0.5, 0.6) is 11.9 Å². The third-order valence-electron chi connectivity index (χ3n) is 3.16. The average molecular weight is 297 g/mol. The maximum absolute atomic E-state index is 5.18. The van der Waals surface area contributed by atoms with Crippen LogP contribution in [0.3, 0.4) is 0 Å². The molecule has 0 unspecified atom stereocenters. The molecule has 0 fully saturated rings. The third kappa shape index (κ3) is 2.60. The van der Waals surface area contributed by atoms with Crippen molar-refractivity contribution in [3.05, 3.63) is 42.5 Å². The van der Waals surface area contributed by atoms with Gasteiger partial charge in [0.15, 0.2) is 0 Å². The molecule has 7 heteroatoms. The number of methoxy groups -OCH3 is 2. The van der Waals surface area contributed by atoms with Crippen LogP contribution in [-0.2, 0) is 0 Å². The summed E-state index contributed by atoms with van der Waals surface area (Å²) in [4.78, 5) is 12.6. The van der Waals surface area contributed by atoms with E-state index in [1.165, 1.54) is 7.11 Å². The number of aryl methyl sites for hydroxylation is 1. The lowest BCUT2D eigenvalue weighted by atomic mass is 10.2. The summed E-state index contributed by atoms with van der Waals surface area (Å²) in [6.45, 7) is 1.92. The van der Waals surface area contributed by atoms with Gasteiger partial charge in [-0.15, -0.1) is 0 Å². The van der Waals surface area contributed by atoms with E-state index in [0.717, 1.165) is 16.9 Å². The minimum atomic E-state index is 0.253. The average Bonchev–Trinajstić information content (AvgIpc) is 2.97. The number of pyridine rings is 1. The Balaban J connectivity index is 2.08. The van der Waals surface area contributed by atoms with Crippen LogP contribution in [0, 0.1) is 6.92 Å². The second-order valence-corrected chi connectivity index (χ2v) is 4.57. The number of rotatable bonds is 4. The summed E-state index contributed by atoms with van der Waals surface area (Å²) < 4.78 is 12.1. The van der Waals surface area contributed by atoms with Crippen LogP contribution >= 0.6 is 0 Å². The predicted octanol–water partition coefficient (Wildman–Crippen LogP) is 2.05. The second-order valence-electron chi connectivity index (χ2n) is 4.57. The van der Waals surface area contributed by atoms with Gasteiger partial charge in [0.25, 0.3) is 0 Å². The quantitative estimate of drug-likeness (QED) is 0.733. The van der Waals surface area contributed by atoms with E-state index in [1.54, 1.807) is 30.3 Å².